The van der Waals surface area contributed by atoms with Crippen LogP contribution in [0.1, 0.15) is 51.4 Å². The standard InChI is InChI=1S/C24H38N4O2/c1-25-15-16-26(2)19-7-9-20(10-8-19)27-17-18-28(24(27)29)21-11-13-23(14-12-21)30-22-5-3-4-6-22/h11-14,19-20,22,25H,3-10,15-18H2,1-2H3. The van der Waals surface area contributed by atoms with Gasteiger partial charge in [-0.15, -0.1) is 0 Å². The molecule has 2 saturated carbocycles. The summed E-state index contributed by atoms with van der Waals surface area (Å²) in [6, 6.07) is 9.34. The van der Waals surface area contributed by atoms with E-state index in [-0.39, 0.29) is 6.03 Å². The second-order valence-corrected chi connectivity index (χ2v) is 9.19. The lowest BCUT2D eigenvalue weighted by Crippen LogP contribution is -2.45. The zero-order chi connectivity index (χ0) is 20.9. The van der Waals surface area contributed by atoms with E-state index in [0.717, 1.165) is 63.3 Å². The van der Waals surface area contributed by atoms with E-state index in [2.05, 4.69) is 22.2 Å². The zero-order valence-electron chi connectivity index (χ0n) is 18.7. The highest BCUT2D eigenvalue weighted by atomic mass is 16.5. The number of carbonyl (C=O) groups excluding carboxylic acids is 1. The normalized spacial score (nSPS) is 25.5. The summed E-state index contributed by atoms with van der Waals surface area (Å²) in [5.41, 5.74) is 0.988. The summed E-state index contributed by atoms with van der Waals surface area (Å²) in [6.07, 6.45) is 9.83. The van der Waals surface area contributed by atoms with Gasteiger partial charge in [-0.1, -0.05) is 0 Å². The van der Waals surface area contributed by atoms with Crippen molar-refractivity contribution in [3.63, 3.8) is 0 Å². The van der Waals surface area contributed by atoms with Gasteiger partial charge < -0.3 is 19.9 Å². The number of likely N-dealkylation sites (N-methyl/N-ethyl adjacent to an activating group) is 2. The number of ether oxygens (including phenoxy) is 1. The topological polar surface area (TPSA) is 48.0 Å². The quantitative estimate of drug-likeness (QED) is 0.704. The molecule has 6 nitrogen and oxygen atoms in total. The fourth-order valence-corrected chi connectivity index (χ4v) is 5.32. The van der Waals surface area contributed by atoms with Gasteiger partial charge in [0.25, 0.3) is 0 Å². The van der Waals surface area contributed by atoms with Crippen LogP contribution in [0.3, 0.4) is 0 Å². The Morgan fingerprint density at radius 1 is 1.03 bits per heavy atom. The molecule has 0 radical (unpaired) electrons. The molecule has 3 aliphatic rings. The van der Waals surface area contributed by atoms with Crippen LogP contribution in [0.5, 0.6) is 5.75 Å². The number of rotatable bonds is 8. The van der Waals surface area contributed by atoms with Crippen LogP contribution in [-0.4, -0.2) is 74.3 Å². The molecular weight excluding hydrogens is 376 g/mol. The van der Waals surface area contributed by atoms with Crippen molar-refractivity contribution in [1.29, 1.82) is 0 Å². The van der Waals surface area contributed by atoms with Crippen LogP contribution in [0, 0.1) is 0 Å². The number of carbonyl (C=O) groups is 1. The summed E-state index contributed by atoms with van der Waals surface area (Å²) in [4.78, 5) is 19.7. The molecule has 1 heterocycles. The minimum Gasteiger partial charge on any atom is -0.490 e. The molecule has 0 atom stereocenters. The summed E-state index contributed by atoms with van der Waals surface area (Å²) in [5.74, 6) is 0.926. The molecule has 3 fully saturated rings. The molecule has 1 aromatic carbocycles. The highest BCUT2D eigenvalue weighted by Gasteiger charge is 2.36. The lowest BCUT2D eigenvalue weighted by molar-refractivity contribution is 0.133. The molecule has 0 aromatic heterocycles. The first-order valence-corrected chi connectivity index (χ1v) is 11.9. The van der Waals surface area contributed by atoms with E-state index in [9.17, 15) is 4.79 Å². The molecule has 0 bridgehead atoms. The van der Waals surface area contributed by atoms with Crippen molar-refractivity contribution in [1.82, 2.24) is 15.1 Å². The molecule has 30 heavy (non-hydrogen) atoms. The number of hydrogen-bond donors (Lipinski definition) is 1. The Morgan fingerprint density at radius 3 is 2.40 bits per heavy atom. The Balaban J connectivity index is 1.28. The van der Waals surface area contributed by atoms with Gasteiger partial charge in [0.1, 0.15) is 5.75 Å². The third-order valence-electron chi connectivity index (χ3n) is 7.24. The van der Waals surface area contributed by atoms with E-state index in [1.807, 2.05) is 36.2 Å². The van der Waals surface area contributed by atoms with Gasteiger partial charge in [0, 0.05) is 44.0 Å². The molecule has 166 valence electrons. The predicted octanol–water partition coefficient (Wildman–Crippen LogP) is 3.71. The van der Waals surface area contributed by atoms with Gasteiger partial charge >= 0.3 is 6.03 Å². The van der Waals surface area contributed by atoms with Crippen molar-refractivity contribution in [2.45, 2.75) is 69.6 Å². The number of nitrogens with zero attached hydrogens (tertiary/aromatic N) is 3. The Kier molecular flexibility index (Phi) is 7.16. The maximum Gasteiger partial charge on any atom is 0.324 e. The average Bonchev–Trinajstić information content (AvgIpc) is 3.42. The first-order valence-electron chi connectivity index (χ1n) is 11.9. The predicted molar refractivity (Wildman–Crippen MR) is 121 cm³/mol. The first kappa shape index (κ1) is 21.4. The second kappa shape index (κ2) is 10.0. The minimum absolute atomic E-state index is 0.173. The van der Waals surface area contributed by atoms with Crippen molar-refractivity contribution in [2.24, 2.45) is 0 Å². The summed E-state index contributed by atoms with van der Waals surface area (Å²) >= 11 is 0. The molecule has 0 spiro atoms. The number of anilines is 1. The van der Waals surface area contributed by atoms with Crippen molar-refractivity contribution >= 4 is 11.7 Å². The maximum atomic E-state index is 13.1. The van der Waals surface area contributed by atoms with Gasteiger partial charge in [0.2, 0.25) is 0 Å². The van der Waals surface area contributed by atoms with Gasteiger partial charge in [0.15, 0.2) is 0 Å². The molecular formula is C24H38N4O2. The molecule has 6 heteroatoms. The van der Waals surface area contributed by atoms with Crippen molar-refractivity contribution in [2.75, 3.05) is 45.2 Å². The van der Waals surface area contributed by atoms with Crippen LogP contribution in [0.4, 0.5) is 10.5 Å². The summed E-state index contributed by atoms with van der Waals surface area (Å²) in [6.45, 7) is 3.73. The van der Waals surface area contributed by atoms with Crippen molar-refractivity contribution in [3.8, 4) is 5.75 Å². The summed E-state index contributed by atoms with van der Waals surface area (Å²) in [5, 5.41) is 3.23. The Labute approximate surface area is 181 Å². The zero-order valence-corrected chi connectivity index (χ0v) is 18.7. The molecule has 1 saturated heterocycles. The van der Waals surface area contributed by atoms with E-state index >= 15 is 0 Å². The third-order valence-corrected chi connectivity index (χ3v) is 7.24. The van der Waals surface area contributed by atoms with Crippen LogP contribution in [0.2, 0.25) is 0 Å². The SMILES string of the molecule is CNCCN(C)C1CCC(N2CCN(c3ccc(OC4CCCC4)cc3)C2=O)CC1. The molecule has 1 N–H and O–H groups in total. The van der Waals surface area contributed by atoms with Gasteiger partial charge in [-0.25, -0.2) is 4.79 Å². The maximum absolute atomic E-state index is 13.1. The van der Waals surface area contributed by atoms with Crippen LogP contribution < -0.4 is 15.0 Å². The number of hydrogen-bond acceptors (Lipinski definition) is 4. The summed E-state index contributed by atoms with van der Waals surface area (Å²) in [7, 11) is 4.23. The van der Waals surface area contributed by atoms with Gasteiger partial charge in [-0.05, 0) is 89.7 Å². The number of urea groups is 1. The van der Waals surface area contributed by atoms with Gasteiger partial charge in [-0.2, -0.15) is 0 Å². The Bertz CT molecular complexity index is 681. The van der Waals surface area contributed by atoms with E-state index in [1.54, 1.807) is 0 Å². The molecule has 0 unspecified atom stereocenters. The molecule has 1 aliphatic heterocycles. The van der Waals surface area contributed by atoms with E-state index in [4.69, 9.17) is 4.74 Å². The molecule has 4 rings (SSSR count). The van der Waals surface area contributed by atoms with Gasteiger partial charge in [-0.3, -0.25) is 4.90 Å². The van der Waals surface area contributed by atoms with Crippen LogP contribution in [0.25, 0.3) is 0 Å². The van der Waals surface area contributed by atoms with E-state index in [0.29, 0.717) is 18.2 Å². The largest absolute Gasteiger partial charge is 0.490 e. The summed E-state index contributed by atoms with van der Waals surface area (Å²) < 4.78 is 6.07. The second-order valence-electron chi connectivity index (χ2n) is 9.19. The third kappa shape index (κ3) is 4.92. The lowest BCUT2D eigenvalue weighted by Gasteiger charge is -2.38. The molecule has 2 amide bonds. The highest BCUT2D eigenvalue weighted by Crippen LogP contribution is 2.31. The fraction of sp³-hybridized carbons (Fsp3) is 0.708. The Morgan fingerprint density at radius 2 is 1.73 bits per heavy atom. The van der Waals surface area contributed by atoms with Crippen molar-refractivity contribution < 1.29 is 9.53 Å². The lowest BCUT2D eigenvalue weighted by atomic mass is 9.89. The monoisotopic (exact) mass is 414 g/mol. The number of benzene rings is 1. The van der Waals surface area contributed by atoms with Crippen LogP contribution in [0.15, 0.2) is 24.3 Å². The number of amides is 2. The first-order chi connectivity index (χ1) is 14.7. The Hall–Kier alpha value is -1.79. The van der Waals surface area contributed by atoms with Crippen LogP contribution in [-0.2, 0) is 0 Å². The van der Waals surface area contributed by atoms with Crippen LogP contribution >= 0.6 is 0 Å². The average molecular weight is 415 g/mol. The molecule has 1 aromatic rings. The highest BCUT2D eigenvalue weighted by molar-refractivity contribution is 5.94. The van der Waals surface area contributed by atoms with Gasteiger partial charge in [0.05, 0.1) is 6.10 Å². The van der Waals surface area contributed by atoms with Crippen molar-refractivity contribution in [3.05, 3.63) is 24.3 Å². The van der Waals surface area contributed by atoms with E-state index < -0.39 is 0 Å². The number of nitrogens with one attached hydrogen (secondary N) is 1. The van der Waals surface area contributed by atoms with E-state index in [1.165, 1.54) is 25.7 Å². The fourth-order valence-electron chi connectivity index (χ4n) is 5.32. The minimum atomic E-state index is 0.173. The smallest absolute Gasteiger partial charge is 0.324 e. The molecule has 2 aliphatic carbocycles.